The Morgan fingerprint density at radius 1 is 1.13 bits per heavy atom. The molecule has 0 bridgehead atoms. The fourth-order valence-corrected chi connectivity index (χ4v) is 2.97. The molecule has 0 spiro atoms. The highest BCUT2D eigenvalue weighted by molar-refractivity contribution is 5.94. The maximum Gasteiger partial charge on any atom is 0.522 e. The lowest BCUT2D eigenvalue weighted by Crippen LogP contribution is -2.41. The number of nitrogens with one attached hydrogen (secondary N) is 1. The van der Waals surface area contributed by atoms with Gasteiger partial charge in [0.1, 0.15) is 17.9 Å². The molecule has 9 heteroatoms. The zero-order valence-corrected chi connectivity index (χ0v) is 16.1. The lowest BCUT2D eigenvalue weighted by atomic mass is 9.98. The van der Waals surface area contributed by atoms with E-state index in [0.717, 1.165) is 11.1 Å². The van der Waals surface area contributed by atoms with Crippen molar-refractivity contribution in [2.75, 3.05) is 13.7 Å². The van der Waals surface area contributed by atoms with E-state index in [1.54, 1.807) is 6.07 Å². The lowest BCUT2D eigenvalue weighted by Gasteiger charge is -2.19. The molecule has 0 fully saturated rings. The van der Waals surface area contributed by atoms with Crippen LogP contribution in [0.5, 0.6) is 5.75 Å². The van der Waals surface area contributed by atoms with Crippen LogP contribution < -0.4 is 15.7 Å². The van der Waals surface area contributed by atoms with E-state index in [4.69, 9.17) is 9.15 Å². The predicted molar refractivity (Wildman–Crippen MR) is 103 cm³/mol. The summed E-state index contributed by atoms with van der Waals surface area (Å²) in [4.78, 5) is 23.9. The smallest absolute Gasteiger partial charge is 0.478 e. The normalized spacial score (nSPS) is 12.6. The second-order valence-electron chi connectivity index (χ2n) is 6.43. The van der Waals surface area contributed by atoms with Gasteiger partial charge in [-0.25, -0.2) is 4.79 Å². The van der Waals surface area contributed by atoms with Crippen LogP contribution in [0.3, 0.4) is 0 Å². The van der Waals surface area contributed by atoms with Crippen LogP contribution in [0, 0.1) is 6.92 Å². The Balaban J connectivity index is 1.97. The fraction of sp³-hybridized carbons (Fsp3) is 0.238. The van der Waals surface area contributed by atoms with E-state index in [2.05, 4.69) is 10.1 Å². The van der Waals surface area contributed by atoms with Gasteiger partial charge in [0.25, 0.3) is 5.91 Å². The number of aryl methyl sites for hydroxylation is 1. The van der Waals surface area contributed by atoms with E-state index in [1.165, 1.54) is 25.2 Å². The number of carbonyl (C=O) groups is 1. The Kier molecular flexibility index (Phi) is 6.12. The van der Waals surface area contributed by atoms with Gasteiger partial charge in [0.2, 0.25) is 0 Å². The molecule has 1 unspecified atom stereocenters. The third kappa shape index (κ3) is 4.98. The summed E-state index contributed by atoms with van der Waals surface area (Å²) in [7, 11) is 1.26. The second-order valence-corrected chi connectivity index (χ2v) is 6.43. The Morgan fingerprint density at radius 2 is 1.87 bits per heavy atom. The molecule has 0 aliphatic rings. The fourth-order valence-electron chi connectivity index (χ4n) is 2.97. The topological polar surface area (TPSA) is 77.8 Å². The first-order valence-electron chi connectivity index (χ1n) is 8.91. The number of benzene rings is 2. The van der Waals surface area contributed by atoms with Gasteiger partial charge in [-0.05, 0) is 30.2 Å². The van der Waals surface area contributed by atoms with Crippen LogP contribution in [-0.4, -0.2) is 32.0 Å². The molecule has 3 aromatic rings. The van der Waals surface area contributed by atoms with Gasteiger partial charge in [0.15, 0.2) is 6.10 Å². The van der Waals surface area contributed by atoms with Gasteiger partial charge in [-0.1, -0.05) is 24.3 Å². The lowest BCUT2D eigenvalue weighted by molar-refractivity contribution is -0.328. The summed E-state index contributed by atoms with van der Waals surface area (Å²) in [5.74, 6) is -0.749. The number of halogens is 3. The standard InChI is InChI=1S/C21H18F3NO5/c1-12-5-3-4-6-14(12)16-10-19(26)30-17-9-13(7-8-15(16)17)29-18(20(27)25-2)11-28-21(22,23)24/h3-10,18H,11H2,1-2H3,(H,25,27). The van der Waals surface area contributed by atoms with E-state index in [9.17, 15) is 22.8 Å². The van der Waals surface area contributed by atoms with Crippen molar-refractivity contribution in [3.63, 3.8) is 0 Å². The Bertz CT molecular complexity index is 1120. The van der Waals surface area contributed by atoms with Crippen LogP contribution in [0.1, 0.15) is 5.56 Å². The number of alkyl halides is 3. The number of fused-ring (bicyclic) bond motifs is 1. The summed E-state index contributed by atoms with van der Waals surface area (Å²) >= 11 is 0. The van der Waals surface area contributed by atoms with Crippen LogP contribution in [0.2, 0.25) is 0 Å². The van der Waals surface area contributed by atoms with Crippen molar-refractivity contribution in [2.45, 2.75) is 19.4 Å². The van der Waals surface area contributed by atoms with Crippen LogP contribution in [-0.2, 0) is 9.53 Å². The van der Waals surface area contributed by atoms with Crippen molar-refractivity contribution < 1.29 is 31.9 Å². The van der Waals surface area contributed by atoms with Crippen molar-refractivity contribution in [1.82, 2.24) is 5.32 Å². The van der Waals surface area contributed by atoms with E-state index in [1.807, 2.05) is 31.2 Å². The van der Waals surface area contributed by atoms with Crippen molar-refractivity contribution >= 4 is 16.9 Å². The highest BCUT2D eigenvalue weighted by Crippen LogP contribution is 2.31. The average molecular weight is 421 g/mol. The van der Waals surface area contributed by atoms with Crippen molar-refractivity contribution in [2.24, 2.45) is 0 Å². The number of amides is 1. The third-order valence-electron chi connectivity index (χ3n) is 4.37. The minimum absolute atomic E-state index is 0.0481. The molecule has 0 saturated carbocycles. The van der Waals surface area contributed by atoms with E-state index in [-0.39, 0.29) is 11.3 Å². The van der Waals surface area contributed by atoms with Gasteiger partial charge in [0, 0.05) is 30.1 Å². The summed E-state index contributed by atoms with van der Waals surface area (Å²) in [5.41, 5.74) is 2.01. The van der Waals surface area contributed by atoms with Gasteiger partial charge in [0.05, 0.1) is 0 Å². The summed E-state index contributed by atoms with van der Waals surface area (Å²) in [6.07, 6.45) is -6.46. The van der Waals surface area contributed by atoms with Crippen molar-refractivity contribution in [3.8, 4) is 16.9 Å². The molecule has 3 rings (SSSR count). The Hall–Kier alpha value is -3.33. The van der Waals surface area contributed by atoms with Crippen molar-refractivity contribution in [3.05, 3.63) is 64.5 Å². The molecule has 158 valence electrons. The molecule has 0 saturated heterocycles. The Morgan fingerprint density at radius 3 is 2.53 bits per heavy atom. The van der Waals surface area contributed by atoms with Crippen LogP contribution in [0.25, 0.3) is 22.1 Å². The quantitative estimate of drug-likeness (QED) is 0.613. The number of ether oxygens (including phenoxy) is 2. The molecule has 2 aromatic carbocycles. The average Bonchev–Trinajstić information content (AvgIpc) is 2.69. The summed E-state index contributed by atoms with van der Waals surface area (Å²) < 4.78 is 51.4. The second kappa shape index (κ2) is 8.58. The van der Waals surface area contributed by atoms with Crippen LogP contribution in [0.15, 0.2) is 57.7 Å². The molecule has 1 N–H and O–H groups in total. The first-order valence-corrected chi connectivity index (χ1v) is 8.91. The number of rotatable bonds is 6. The van der Waals surface area contributed by atoms with Gasteiger partial charge in [-0.3, -0.25) is 9.53 Å². The maximum absolute atomic E-state index is 12.4. The molecule has 30 heavy (non-hydrogen) atoms. The zero-order chi connectivity index (χ0) is 21.9. The Labute approximate surface area is 169 Å². The summed E-state index contributed by atoms with van der Waals surface area (Å²) in [6.45, 7) is 0.871. The van der Waals surface area contributed by atoms with Crippen molar-refractivity contribution in [1.29, 1.82) is 0 Å². The highest BCUT2D eigenvalue weighted by atomic mass is 19.4. The SMILES string of the molecule is CNC(=O)C(COC(F)(F)F)Oc1ccc2c(-c3ccccc3C)cc(=O)oc2c1. The van der Waals surface area contributed by atoms with Gasteiger partial charge in [-0.15, -0.1) is 13.2 Å². The number of hydrogen-bond acceptors (Lipinski definition) is 5. The van der Waals surface area contributed by atoms with Gasteiger partial charge in [-0.2, -0.15) is 0 Å². The first kappa shape index (κ1) is 21.4. The van der Waals surface area contributed by atoms with E-state index >= 15 is 0 Å². The van der Waals surface area contributed by atoms with E-state index < -0.39 is 30.6 Å². The number of carbonyl (C=O) groups excluding carboxylic acids is 1. The summed E-state index contributed by atoms with van der Waals surface area (Å²) in [6, 6.07) is 13.3. The minimum Gasteiger partial charge on any atom is -0.478 e. The maximum atomic E-state index is 12.4. The minimum atomic E-state index is -4.91. The molecular weight excluding hydrogens is 403 g/mol. The van der Waals surface area contributed by atoms with Gasteiger partial charge >= 0.3 is 12.0 Å². The first-order chi connectivity index (χ1) is 14.2. The molecule has 6 nitrogen and oxygen atoms in total. The molecule has 1 heterocycles. The molecular formula is C21H18F3NO5. The van der Waals surface area contributed by atoms with Crippen LogP contribution in [0.4, 0.5) is 13.2 Å². The molecule has 0 radical (unpaired) electrons. The molecule has 1 aromatic heterocycles. The third-order valence-corrected chi connectivity index (χ3v) is 4.37. The number of hydrogen-bond donors (Lipinski definition) is 1. The largest absolute Gasteiger partial charge is 0.522 e. The molecule has 1 amide bonds. The highest BCUT2D eigenvalue weighted by Gasteiger charge is 2.33. The number of likely N-dealkylation sites (N-methyl/N-ethyl adjacent to an activating group) is 1. The molecule has 1 atom stereocenters. The molecule has 0 aliphatic heterocycles. The van der Waals surface area contributed by atoms with E-state index in [0.29, 0.717) is 10.9 Å². The van der Waals surface area contributed by atoms with Gasteiger partial charge < -0.3 is 14.5 Å². The van der Waals surface area contributed by atoms with Crippen LogP contribution >= 0.6 is 0 Å². The monoisotopic (exact) mass is 421 g/mol. The zero-order valence-electron chi connectivity index (χ0n) is 16.1. The predicted octanol–water partition coefficient (Wildman–Crippen LogP) is 3.80. The molecule has 0 aliphatic carbocycles. The summed E-state index contributed by atoms with van der Waals surface area (Å²) in [5, 5.41) is 2.83.